The van der Waals surface area contributed by atoms with Crippen molar-refractivity contribution in [3.05, 3.63) is 64.1 Å². The van der Waals surface area contributed by atoms with Gasteiger partial charge in [0, 0.05) is 16.7 Å². The Labute approximate surface area is 132 Å². The minimum Gasteiger partial charge on any atom is -0.389 e. The van der Waals surface area contributed by atoms with E-state index in [9.17, 15) is 9.90 Å². The Hall–Kier alpha value is -1.85. The van der Waals surface area contributed by atoms with Crippen LogP contribution >= 0.6 is 15.9 Å². The van der Waals surface area contributed by atoms with Gasteiger partial charge in [0.1, 0.15) is 0 Å². The number of amides is 2. The molecule has 0 aliphatic rings. The summed E-state index contributed by atoms with van der Waals surface area (Å²) in [5.41, 5.74) is 2.51. The summed E-state index contributed by atoms with van der Waals surface area (Å²) in [5.74, 6) is 0. The fraction of sp³-hybridized carbons (Fsp3) is 0.188. The minimum atomic E-state index is -0.511. The molecule has 110 valence electrons. The first-order valence-electron chi connectivity index (χ1n) is 6.62. The molecule has 0 fully saturated rings. The molecular formula is C16H17BrN2O2. The molecule has 2 rings (SSSR count). The number of urea groups is 1. The summed E-state index contributed by atoms with van der Waals surface area (Å²) in [4.78, 5) is 11.8. The van der Waals surface area contributed by atoms with E-state index in [-0.39, 0.29) is 6.03 Å². The zero-order chi connectivity index (χ0) is 15.2. The zero-order valence-electron chi connectivity index (χ0n) is 11.6. The maximum absolute atomic E-state index is 11.8. The second-order valence-electron chi connectivity index (χ2n) is 4.70. The first kappa shape index (κ1) is 15.5. The Bertz CT molecular complexity index is 612. The second-order valence-corrected chi connectivity index (χ2v) is 5.55. The van der Waals surface area contributed by atoms with Crippen LogP contribution in [0.3, 0.4) is 0 Å². The predicted molar refractivity (Wildman–Crippen MR) is 87.1 cm³/mol. The van der Waals surface area contributed by atoms with Crippen LogP contribution in [0.4, 0.5) is 10.5 Å². The lowest BCUT2D eigenvalue weighted by molar-refractivity contribution is 0.199. The topological polar surface area (TPSA) is 61.4 Å². The van der Waals surface area contributed by atoms with Crippen LogP contribution < -0.4 is 10.6 Å². The molecule has 2 aromatic rings. The SMILES string of the molecule is CC(O)c1ccc(NC(=O)NCc2ccccc2Br)cc1. The molecule has 5 heteroatoms. The Morgan fingerprint density at radius 1 is 1.19 bits per heavy atom. The van der Waals surface area contributed by atoms with E-state index in [1.807, 2.05) is 24.3 Å². The number of hydrogen-bond acceptors (Lipinski definition) is 2. The maximum Gasteiger partial charge on any atom is 0.319 e. The quantitative estimate of drug-likeness (QED) is 0.786. The number of halogens is 1. The second kappa shape index (κ2) is 7.24. The van der Waals surface area contributed by atoms with Gasteiger partial charge in [-0.05, 0) is 36.2 Å². The van der Waals surface area contributed by atoms with Crippen LogP contribution in [0.5, 0.6) is 0 Å². The maximum atomic E-state index is 11.8. The summed E-state index contributed by atoms with van der Waals surface area (Å²) in [5, 5.41) is 15.0. The van der Waals surface area contributed by atoms with Gasteiger partial charge in [-0.3, -0.25) is 0 Å². The average Bonchev–Trinajstić information content (AvgIpc) is 2.47. The van der Waals surface area contributed by atoms with E-state index in [2.05, 4.69) is 26.6 Å². The molecule has 3 N–H and O–H groups in total. The summed E-state index contributed by atoms with van der Waals surface area (Å²) >= 11 is 3.44. The smallest absolute Gasteiger partial charge is 0.319 e. The molecule has 2 amide bonds. The number of benzene rings is 2. The van der Waals surface area contributed by atoms with Gasteiger partial charge in [-0.2, -0.15) is 0 Å². The third-order valence-electron chi connectivity index (χ3n) is 3.05. The summed E-state index contributed by atoms with van der Waals surface area (Å²) in [6, 6.07) is 14.6. The first-order chi connectivity index (χ1) is 10.1. The monoisotopic (exact) mass is 348 g/mol. The molecule has 2 aromatic carbocycles. The van der Waals surface area contributed by atoms with Crippen molar-refractivity contribution in [3.63, 3.8) is 0 Å². The van der Waals surface area contributed by atoms with Crippen LogP contribution in [-0.2, 0) is 6.54 Å². The van der Waals surface area contributed by atoms with Gasteiger partial charge in [0.15, 0.2) is 0 Å². The van der Waals surface area contributed by atoms with Crippen molar-refractivity contribution >= 4 is 27.6 Å². The molecule has 21 heavy (non-hydrogen) atoms. The summed E-state index contributed by atoms with van der Waals surface area (Å²) in [6.07, 6.45) is -0.511. The van der Waals surface area contributed by atoms with E-state index in [0.717, 1.165) is 15.6 Å². The Morgan fingerprint density at radius 3 is 2.48 bits per heavy atom. The normalized spacial score (nSPS) is 11.8. The molecular weight excluding hydrogens is 332 g/mol. The molecule has 0 aliphatic carbocycles. The van der Waals surface area contributed by atoms with E-state index in [1.165, 1.54) is 0 Å². The van der Waals surface area contributed by atoms with Crippen LogP contribution in [0.1, 0.15) is 24.2 Å². The molecule has 1 unspecified atom stereocenters. The van der Waals surface area contributed by atoms with E-state index < -0.39 is 6.10 Å². The van der Waals surface area contributed by atoms with Gasteiger partial charge in [0.05, 0.1) is 6.10 Å². The summed E-state index contributed by atoms with van der Waals surface area (Å²) < 4.78 is 0.964. The van der Waals surface area contributed by atoms with E-state index >= 15 is 0 Å². The summed E-state index contributed by atoms with van der Waals surface area (Å²) in [7, 11) is 0. The third kappa shape index (κ3) is 4.58. The lowest BCUT2D eigenvalue weighted by atomic mass is 10.1. The molecule has 0 aliphatic heterocycles. The Kier molecular flexibility index (Phi) is 5.36. The van der Waals surface area contributed by atoms with Crippen LogP contribution in [0.15, 0.2) is 53.0 Å². The van der Waals surface area contributed by atoms with Crippen LogP contribution in [0, 0.1) is 0 Å². The van der Waals surface area contributed by atoms with E-state index in [1.54, 1.807) is 31.2 Å². The predicted octanol–water partition coefficient (Wildman–Crippen LogP) is 3.82. The number of carbonyl (C=O) groups is 1. The zero-order valence-corrected chi connectivity index (χ0v) is 13.2. The molecule has 0 aromatic heterocycles. The van der Waals surface area contributed by atoms with Crippen molar-refractivity contribution in [1.82, 2.24) is 5.32 Å². The third-order valence-corrected chi connectivity index (χ3v) is 3.82. The van der Waals surface area contributed by atoms with Gasteiger partial charge in [0.25, 0.3) is 0 Å². The van der Waals surface area contributed by atoms with Crippen molar-refractivity contribution in [2.45, 2.75) is 19.6 Å². The molecule has 0 heterocycles. The number of nitrogens with one attached hydrogen (secondary N) is 2. The Morgan fingerprint density at radius 2 is 1.86 bits per heavy atom. The van der Waals surface area contributed by atoms with Gasteiger partial charge in [-0.15, -0.1) is 0 Å². The number of hydrogen-bond donors (Lipinski definition) is 3. The van der Waals surface area contributed by atoms with Gasteiger partial charge >= 0.3 is 6.03 Å². The van der Waals surface area contributed by atoms with E-state index in [0.29, 0.717) is 12.2 Å². The molecule has 0 radical (unpaired) electrons. The van der Waals surface area contributed by atoms with Gasteiger partial charge < -0.3 is 15.7 Å². The lowest BCUT2D eigenvalue weighted by Crippen LogP contribution is -2.28. The average molecular weight is 349 g/mol. The van der Waals surface area contributed by atoms with Crippen molar-refractivity contribution in [3.8, 4) is 0 Å². The van der Waals surface area contributed by atoms with Crippen molar-refractivity contribution in [2.75, 3.05) is 5.32 Å². The van der Waals surface area contributed by atoms with Crippen LogP contribution in [-0.4, -0.2) is 11.1 Å². The number of aliphatic hydroxyl groups is 1. The molecule has 4 nitrogen and oxygen atoms in total. The molecule has 0 bridgehead atoms. The Balaban J connectivity index is 1.88. The molecule has 0 saturated heterocycles. The minimum absolute atomic E-state index is 0.268. The number of aliphatic hydroxyl groups excluding tert-OH is 1. The molecule has 0 spiro atoms. The molecule has 1 atom stereocenters. The number of anilines is 1. The fourth-order valence-electron chi connectivity index (χ4n) is 1.84. The number of rotatable bonds is 4. The first-order valence-corrected chi connectivity index (χ1v) is 7.42. The van der Waals surface area contributed by atoms with Crippen molar-refractivity contribution in [1.29, 1.82) is 0 Å². The van der Waals surface area contributed by atoms with Crippen molar-refractivity contribution in [2.24, 2.45) is 0 Å². The number of carbonyl (C=O) groups excluding carboxylic acids is 1. The standard InChI is InChI=1S/C16H17BrN2O2/c1-11(20)12-6-8-14(9-7-12)19-16(21)18-10-13-4-2-3-5-15(13)17/h2-9,11,20H,10H2,1H3,(H2,18,19,21). The highest BCUT2D eigenvalue weighted by atomic mass is 79.9. The van der Waals surface area contributed by atoms with Crippen molar-refractivity contribution < 1.29 is 9.90 Å². The summed E-state index contributed by atoms with van der Waals surface area (Å²) in [6.45, 7) is 2.14. The highest BCUT2D eigenvalue weighted by molar-refractivity contribution is 9.10. The van der Waals surface area contributed by atoms with Crippen LogP contribution in [0.2, 0.25) is 0 Å². The molecule has 0 saturated carbocycles. The highest BCUT2D eigenvalue weighted by Gasteiger charge is 2.05. The lowest BCUT2D eigenvalue weighted by Gasteiger charge is -2.10. The van der Waals surface area contributed by atoms with E-state index in [4.69, 9.17) is 0 Å². The van der Waals surface area contributed by atoms with Gasteiger partial charge in [-0.1, -0.05) is 46.3 Å². The fourth-order valence-corrected chi connectivity index (χ4v) is 2.26. The largest absolute Gasteiger partial charge is 0.389 e. The van der Waals surface area contributed by atoms with Gasteiger partial charge in [-0.25, -0.2) is 4.79 Å². The van der Waals surface area contributed by atoms with Crippen LogP contribution in [0.25, 0.3) is 0 Å². The highest BCUT2D eigenvalue weighted by Crippen LogP contribution is 2.16. The van der Waals surface area contributed by atoms with Gasteiger partial charge in [0.2, 0.25) is 0 Å².